The zero-order valence-corrected chi connectivity index (χ0v) is 14.3. The van der Waals surface area contributed by atoms with Crippen molar-refractivity contribution < 1.29 is 0 Å². The van der Waals surface area contributed by atoms with Crippen molar-refractivity contribution in [1.82, 2.24) is 16.0 Å². The maximum Gasteiger partial charge on any atom is 0.191 e. The summed E-state index contributed by atoms with van der Waals surface area (Å²) in [6.45, 7) is 14.6. The number of benzene rings is 1. The molecule has 0 spiro atoms. The van der Waals surface area contributed by atoms with Gasteiger partial charge < -0.3 is 16.0 Å². The van der Waals surface area contributed by atoms with E-state index >= 15 is 0 Å². The van der Waals surface area contributed by atoms with Gasteiger partial charge in [-0.2, -0.15) is 0 Å². The molecule has 0 amide bonds. The highest BCUT2D eigenvalue weighted by Gasteiger charge is 2.20. The molecule has 4 nitrogen and oxygen atoms in total. The van der Waals surface area contributed by atoms with Crippen LogP contribution in [0.1, 0.15) is 39.3 Å². The van der Waals surface area contributed by atoms with Gasteiger partial charge in [0, 0.05) is 24.7 Å². The Morgan fingerprint density at radius 2 is 1.95 bits per heavy atom. The van der Waals surface area contributed by atoms with Crippen molar-refractivity contribution in [2.75, 3.05) is 19.6 Å². The first kappa shape index (κ1) is 18.2. The first-order chi connectivity index (χ1) is 10.5. The van der Waals surface area contributed by atoms with Crippen molar-refractivity contribution >= 4 is 5.96 Å². The minimum atomic E-state index is -0.0915. The molecular formula is C18H30N4. The van der Waals surface area contributed by atoms with Crippen LogP contribution < -0.4 is 16.0 Å². The smallest absolute Gasteiger partial charge is 0.191 e. The Labute approximate surface area is 135 Å². The van der Waals surface area contributed by atoms with E-state index in [1.165, 1.54) is 5.56 Å². The van der Waals surface area contributed by atoms with Crippen molar-refractivity contribution in [2.24, 2.45) is 4.99 Å². The van der Waals surface area contributed by atoms with Crippen LogP contribution in [-0.2, 0) is 0 Å². The molecule has 1 aromatic carbocycles. The van der Waals surface area contributed by atoms with Crippen LogP contribution in [0.4, 0.5) is 0 Å². The molecule has 22 heavy (non-hydrogen) atoms. The zero-order valence-electron chi connectivity index (χ0n) is 14.3. The van der Waals surface area contributed by atoms with Crippen LogP contribution in [0.5, 0.6) is 0 Å². The minimum Gasteiger partial charge on any atom is -0.357 e. The highest BCUT2D eigenvalue weighted by Crippen LogP contribution is 2.16. The van der Waals surface area contributed by atoms with Gasteiger partial charge in [-0.25, -0.2) is 0 Å². The summed E-state index contributed by atoms with van der Waals surface area (Å²) in [4.78, 5) is 4.65. The molecule has 3 N–H and O–H groups in total. The zero-order chi connectivity index (χ0) is 16.4. The van der Waals surface area contributed by atoms with E-state index in [1.54, 1.807) is 0 Å². The lowest BCUT2D eigenvalue weighted by Crippen LogP contribution is -2.45. The molecule has 0 bridgehead atoms. The van der Waals surface area contributed by atoms with Gasteiger partial charge in [0.25, 0.3) is 0 Å². The van der Waals surface area contributed by atoms with Gasteiger partial charge in [-0.15, -0.1) is 6.58 Å². The molecule has 0 aromatic heterocycles. The predicted molar refractivity (Wildman–Crippen MR) is 96.3 cm³/mol. The second kappa shape index (κ2) is 9.26. The monoisotopic (exact) mass is 302 g/mol. The fourth-order valence-electron chi connectivity index (χ4n) is 2.24. The number of rotatable bonds is 8. The van der Waals surface area contributed by atoms with Crippen molar-refractivity contribution in [3.8, 4) is 0 Å². The molecular weight excluding hydrogens is 272 g/mol. The van der Waals surface area contributed by atoms with E-state index in [9.17, 15) is 0 Å². The lowest BCUT2D eigenvalue weighted by atomic mass is 10.0. The van der Waals surface area contributed by atoms with E-state index in [0.717, 1.165) is 12.5 Å². The van der Waals surface area contributed by atoms with Gasteiger partial charge in [0.2, 0.25) is 0 Å². The molecule has 0 saturated carbocycles. The standard InChI is InChI=1S/C18H30N4/c1-6-13-20-17(19-7-2)21-14-18(4,5)22-15(3)16-11-9-8-10-12-16/h6,8-12,15,22H,1,7,13-14H2,2-5H3,(H2,19,20,21). The molecule has 0 fully saturated rings. The van der Waals surface area contributed by atoms with Crippen molar-refractivity contribution in [3.05, 3.63) is 48.6 Å². The summed E-state index contributed by atoms with van der Waals surface area (Å²) < 4.78 is 0. The van der Waals surface area contributed by atoms with Gasteiger partial charge in [-0.3, -0.25) is 4.99 Å². The van der Waals surface area contributed by atoms with Gasteiger partial charge >= 0.3 is 0 Å². The molecule has 0 aliphatic rings. The van der Waals surface area contributed by atoms with Gasteiger partial charge in [-0.1, -0.05) is 36.4 Å². The normalized spacial score (nSPS) is 13.5. The minimum absolute atomic E-state index is 0.0915. The van der Waals surface area contributed by atoms with Crippen LogP contribution in [0.25, 0.3) is 0 Å². The molecule has 1 unspecified atom stereocenters. The van der Waals surface area contributed by atoms with Gasteiger partial charge in [-0.05, 0) is 33.3 Å². The van der Waals surface area contributed by atoms with Crippen molar-refractivity contribution in [1.29, 1.82) is 0 Å². The highest BCUT2D eigenvalue weighted by atomic mass is 15.2. The molecule has 1 rings (SSSR count). The van der Waals surface area contributed by atoms with Crippen molar-refractivity contribution in [2.45, 2.75) is 39.3 Å². The SMILES string of the molecule is C=CCNC(=NCC(C)(C)NC(C)c1ccccc1)NCC. The second-order valence-corrected chi connectivity index (χ2v) is 6.03. The molecule has 0 heterocycles. The molecule has 1 aromatic rings. The molecule has 0 saturated heterocycles. The fraction of sp³-hybridized carbons (Fsp3) is 0.500. The number of hydrogen-bond donors (Lipinski definition) is 3. The summed E-state index contributed by atoms with van der Waals surface area (Å²) in [7, 11) is 0. The van der Waals surface area contributed by atoms with Gasteiger partial charge in [0.05, 0.1) is 6.54 Å². The Morgan fingerprint density at radius 3 is 2.55 bits per heavy atom. The maximum atomic E-state index is 4.65. The van der Waals surface area contributed by atoms with E-state index in [1.807, 2.05) is 12.1 Å². The van der Waals surface area contributed by atoms with Crippen LogP contribution >= 0.6 is 0 Å². The second-order valence-electron chi connectivity index (χ2n) is 6.03. The highest BCUT2D eigenvalue weighted by molar-refractivity contribution is 5.79. The van der Waals surface area contributed by atoms with Gasteiger partial charge in [0.1, 0.15) is 0 Å². The molecule has 4 heteroatoms. The third-order valence-electron chi connectivity index (χ3n) is 3.30. The molecule has 0 aliphatic carbocycles. The Morgan fingerprint density at radius 1 is 1.27 bits per heavy atom. The van der Waals surface area contributed by atoms with Crippen molar-refractivity contribution in [3.63, 3.8) is 0 Å². The quantitative estimate of drug-likeness (QED) is 0.393. The topological polar surface area (TPSA) is 48.5 Å². The lowest BCUT2D eigenvalue weighted by molar-refractivity contribution is 0.356. The molecule has 0 aliphatic heterocycles. The number of hydrogen-bond acceptors (Lipinski definition) is 2. The first-order valence-corrected chi connectivity index (χ1v) is 7.94. The van der Waals surface area contributed by atoms with Crippen LogP contribution in [0.15, 0.2) is 48.0 Å². The summed E-state index contributed by atoms with van der Waals surface area (Å²) in [6.07, 6.45) is 1.83. The predicted octanol–water partition coefficient (Wildman–Crippen LogP) is 2.86. The average Bonchev–Trinajstić information content (AvgIpc) is 2.50. The van der Waals surface area contributed by atoms with Crippen LogP contribution in [0.2, 0.25) is 0 Å². The Bertz CT molecular complexity index is 465. The maximum absolute atomic E-state index is 4.65. The number of guanidine groups is 1. The first-order valence-electron chi connectivity index (χ1n) is 7.94. The third-order valence-corrected chi connectivity index (χ3v) is 3.30. The van der Waals surface area contributed by atoms with Crippen LogP contribution in [-0.4, -0.2) is 31.1 Å². The summed E-state index contributed by atoms with van der Waals surface area (Å²) >= 11 is 0. The summed E-state index contributed by atoms with van der Waals surface area (Å²) in [5, 5.41) is 10.1. The fourth-order valence-corrected chi connectivity index (χ4v) is 2.24. The Balaban J connectivity index is 2.62. The molecule has 0 radical (unpaired) electrons. The van der Waals surface area contributed by atoms with Crippen LogP contribution in [0, 0.1) is 0 Å². The average molecular weight is 302 g/mol. The molecule has 1 atom stereocenters. The van der Waals surface area contributed by atoms with Gasteiger partial charge in [0.15, 0.2) is 5.96 Å². The molecule has 122 valence electrons. The third kappa shape index (κ3) is 6.76. The number of nitrogens with one attached hydrogen (secondary N) is 3. The van der Waals surface area contributed by atoms with E-state index in [-0.39, 0.29) is 11.6 Å². The van der Waals surface area contributed by atoms with E-state index < -0.39 is 0 Å². The summed E-state index contributed by atoms with van der Waals surface area (Å²) in [6, 6.07) is 10.8. The summed E-state index contributed by atoms with van der Waals surface area (Å²) in [5.41, 5.74) is 1.20. The van der Waals surface area contributed by atoms with E-state index in [2.05, 4.69) is 79.5 Å². The lowest BCUT2D eigenvalue weighted by Gasteiger charge is -2.29. The van der Waals surface area contributed by atoms with Crippen LogP contribution in [0.3, 0.4) is 0 Å². The largest absolute Gasteiger partial charge is 0.357 e. The number of nitrogens with zero attached hydrogens (tertiary/aromatic N) is 1. The number of aliphatic imine (C=N–C) groups is 1. The Kier molecular flexibility index (Phi) is 7.67. The Hall–Kier alpha value is -1.81. The summed E-state index contributed by atoms with van der Waals surface area (Å²) in [5.74, 6) is 0.824. The van der Waals surface area contributed by atoms with E-state index in [0.29, 0.717) is 13.1 Å². The van der Waals surface area contributed by atoms with E-state index in [4.69, 9.17) is 0 Å².